The van der Waals surface area contributed by atoms with Gasteiger partial charge in [-0.3, -0.25) is 14.5 Å². The second-order valence-corrected chi connectivity index (χ2v) is 9.59. The molecule has 1 aromatic heterocycles. The van der Waals surface area contributed by atoms with Gasteiger partial charge in [-0.25, -0.2) is 4.98 Å². The number of nitrogens with one attached hydrogen (secondary N) is 1. The Bertz CT molecular complexity index is 1180. The van der Waals surface area contributed by atoms with Gasteiger partial charge in [-0.05, 0) is 47.1 Å². The quantitative estimate of drug-likeness (QED) is 0.719. The average Bonchev–Trinajstić information content (AvgIpc) is 3.40. The molecule has 174 valence electrons. The van der Waals surface area contributed by atoms with Crippen LogP contribution < -0.4 is 5.32 Å². The zero-order valence-corrected chi connectivity index (χ0v) is 19.0. The number of rotatable bonds is 3. The third-order valence-corrected chi connectivity index (χ3v) is 7.41. The smallest absolute Gasteiger partial charge is 0.246 e. The molecule has 2 saturated heterocycles. The number of hydrogen-bond donors (Lipinski definition) is 1. The third-order valence-electron chi connectivity index (χ3n) is 7.41. The number of carbonyl (C=O) groups excluding carboxylic acids is 2. The molecule has 0 radical (unpaired) electrons. The van der Waals surface area contributed by atoms with E-state index in [1.165, 1.54) is 11.1 Å². The lowest BCUT2D eigenvalue weighted by Crippen LogP contribution is -2.49. The molecule has 1 aliphatic carbocycles. The number of amides is 2. The summed E-state index contributed by atoms with van der Waals surface area (Å²) in [5, 5.41) is 2.92. The predicted molar refractivity (Wildman–Crippen MR) is 130 cm³/mol. The van der Waals surface area contributed by atoms with Gasteiger partial charge in [0.15, 0.2) is 0 Å². The lowest BCUT2D eigenvalue weighted by atomic mass is 9.98. The Morgan fingerprint density at radius 1 is 1.21 bits per heavy atom. The lowest BCUT2D eigenvalue weighted by Gasteiger charge is -2.32. The van der Waals surface area contributed by atoms with E-state index in [1.54, 1.807) is 12.3 Å². The second-order valence-electron chi connectivity index (χ2n) is 9.59. The zero-order valence-electron chi connectivity index (χ0n) is 19.0. The van der Waals surface area contributed by atoms with Crippen LogP contribution in [0.15, 0.2) is 54.7 Å². The van der Waals surface area contributed by atoms with Crippen molar-refractivity contribution in [3.05, 3.63) is 71.4 Å². The Kier molecular flexibility index (Phi) is 5.51. The monoisotopic (exact) mass is 456 g/mol. The van der Waals surface area contributed by atoms with E-state index in [9.17, 15) is 9.59 Å². The Balaban J connectivity index is 1.12. The number of ether oxygens (including phenoxy) is 1. The molecule has 4 aliphatic rings. The minimum absolute atomic E-state index is 0.0422. The van der Waals surface area contributed by atoms with Gasteiger partial charge in [0, 0.05) is 44.0 Å². The van der Waals surface area contributed by atoms with Crippen LogP contribution in [0, 0.1) is 11.8 Å². The summed E-state index contributed by atoms with van der Waals surface area (Å²) in [4.78, 5) is 33.9. The largest absolute Gasteiger partial charge is 0.378 e. The van der Waals surface area contributed by atoms with Crippen LogP contribution in [-0.4, -0.2) is 65.5 Å². The molecule has 6 rings (SSSR count). The molecule has 2 amide bonds. The van der Waals surface area contributed by atoms with Crippen LogP contribution in [0.4, 0.5) is 5.82 Å². The van der Waals surface area contributed by atoms with Crippen molar-refractivity contribution in [1.82, 2.24) is 14.8 Å². The number of anilines is 1. The van der Waals surface area contributed by atoms with E-state index < -0.39 is 0 Å². The van der Waals surface area contributed by atoms with E-state index in [0.29, 0.717) is 44.0 Å². The standard InChI is InChI=1S/C27H28N4O3/c32-25(31-14-21-11-20(12-22(21)15-31)19-4-2-1-3-5-19)7-6-18-10-23-16-30-8-9-34-17-24(30)27(33)29-26(23)28-13-18/h1-7,10-11,13,21-22,24H,8-9,12,14-17H2,(H,28,29,33). The second kappa shape index (κ2) is 8.81. The summed E-state index contributed by atoms with van der Waals surface area (Å²) in [6.45, 7) is 3.95. The molecule has 2 aromatic rings. The Morgan fingerprint density at radius 3 is 2.94 bits per heavy atom. The molecular formula is C27H28N4O3. The predicted octanol–water partition coefficient (Wildman–Crippen LogP) is 2.81. The number of aromatic nitrogens is 1. The summed E-state index contributed by atoms with van der Waals surface area (Å²) in [6, 6.07) is 12.3. The highest BCUT2D eigenvalue weighted by Gasteiger charge is 2.38. The van der Waals surface area contributed by atoms with Crippen LogP contribution in [0.1, 0.15) is 23.1 Å². The van der Waals surface area contributed by atoms with Gasteiger partial charge in [0.1, 0.15) is 11.9 Å². The van der Waals surface area contributed by atoms with Crippen molar-refractivity contribution in [2.24, 2.45) is 11.8 Å². The Labute approximate surface area is 199 Å². The number of pyridine rings is 1. The summed E-state index contributed by atoms with van der Waals surface area (Å²) in [5.74, 6) is 1.50. The fraction of sp³-hybridized carbons (Fsp3) is 0.370. The van der Waals surface area contributed by atoms with Crippen LogP contribution in [0.2, 0.25) is 0 Å². The summed E-state index contributed by atoms with van der Waals surface area (Å²) < 4.78 is 5.48. The fourth-order valence-corrected chi connectivity index (χ4v) is 5.57. The number of carbonyl (C=O) groups is 2. The highest BCUT2D eigenvalue weighted by atomic mass is 16.5. The Morgan fingerprint density at radius 2 is 2.09 bits per heavy atom. The number of hydrogen-bond acceptors (Lipinski definition) is 5. The molecule has 7 heteroatoms. The molecule has 0 spiro atoms. The first kappa shape index (κ1) is 21.3. The summed E-state index contributed by atoms with van der Waals surface area (Å²) in [5.41, 5.74) is 4.52. The summed E-state index contributed by atoms with van der Waals surface area (Å²) in [6.07, 6.45) is 8.58. The van der Waals surface area contributed by atoms with Crippen molar-refractivity contribution >= 4 is 29.3 Å². The van der Waals surface area contributed by atoms with Crippen LogP contribution in [0.3, 0.4) is 0 Å². The molecule has 0 saturated carbocycles. The number of allylic oxidation sites excluding steroid dienone is 1. The molecule has 3 unspecified atom stereocenters. The highest BCUT2D eigenvalue weighted by molar-refractivity contribution is 5.96. The van der Waals surface area contributed by atoms with Crippen molar-refractivity contribution in [3.63, 3.8) is 0 Å². The minimum Gasteiger partial charge on any atom is -0.378 e. The SMILES string of the molecule is O=C1Nc2ncc(C=CC(=O)N3CC4C=C(c5ccccc5)CC4C3)cc2CN2CCOCC12. The van der Waals surface area contributed by atoms with E-state index in [2.05, 4.69) is 45.5 Å². The van der Waals surface area contributed by atoms with Gasteiger partial charge in [0.25, 0.3) is 0 Å². The van der Waals surface area contributed by atoms with Crippen LogP contribution in [0.5, 0.6) is 0 Å². The molecule has 3 aliphatic heterocycles. The van der Waals surface area contributed by atoms with E-state index in [-0.39, 0.29) is 17.9 Å². The molecular weight excluding hydrogens is 428 g/mol. The average molecular weight is 457 g/mol. The van der Waals surface area contributed by atoms with E-state index in [4.69, 9.17) is 4.74 Å². The van der Waals surface area contributed by atoms with Crippen molar-refractivity contribution in [3.8, 4) is 0 Å². The van der Waals surface area contributed by atoms with Crippen LogP contribution >= 0.6 is 0 Å². The maximum absolute atomic E-state index is 12.9. The fourth-order valence-electron chi connectivity index (χ4n) is 5.57. The molecule has 7 nitrogen and oxygen atoms in total. The van der Waals surface area contributed by atoms with Gasteiger partial charge < -0.3 is 15.0 Å². The van der Waals surface area contributed by atoms with Gasteiger partial charge >= 0.3 is 0 Å². The van der Waals surface area contributed by atoms with Gasteiger partial charge in [-0.1, -0.05) is 36.4 Å². The third kappa shape index (κ3) is 4.06. The van der Waals surface area contributed by atoms with Gasteiger partial charge in [0.05, 0.1) is 13.2 Å². The van der Waals surface area contributed by atoms with E-state index in [1.807, 2.05) is 23.1 Å². The topological polar surface area (TPSA) is 74.8 Å². The number of likely N-dealkylation sites (tertiary alicyclic amines) is 1. The van der Waals surface area contributed by atoms with Crippen molar-refractivity contribution in [1.29, 1.82) is 0 Å². The van der Waals surface area contributed by atoms with Gasteiger partial charge in [-0.15, -0.1) is 0 Å². The van der Waals surface area contributed by atoms with Gasteiger partial charge in [0.2, 0.25) is 11.8 Å². The van der Waals surface area contributed by atoms with Crippen LogP contribution in [-0.2, 0) is 20.9 Å². The number of morpholine rings is 1. The molecule has 1 aromatic carbocycles. The van der Waals surface area contributed by atoms with Gasteiger partial charge in [-0.2, -0.15) is 0 Å². The maximum Gasteiger partial charge on any atom is 0.246 e. The molecule has 1 N–H and O–H groups in total. The molecule has 34 heavy (non-hydrogen) atoms. The number of fused-ring (bicyclic) bond motifs is 3. The molecule has 2 fully saturated rings. The first-order valence-corrected chi connectivity index (χ1v) is 12.0. The number of nitrogens with zero attached hydrogens (tertiary/aromatic N) is 3. The maximum atomic E-state index is 12.9. The van der Waals surface area contributed by atoms with Crippen molar-refractivity contribution in [2.45, 2.75) is 19.0 Å². The summed E-state index contributed by atoms with van der Waals surface area (Å²) in [7, 11) is 0. The molecule has 3 atom stereocenters. The van der Waals surface area contributed by atoms with E-state index in [0.717, 1.165) is 30.6 Å². The lowest BCUT2D eigenvalue weighted by molar-refractivity contribution is -0.127. The minimum atomic E-state index is -0.283. The number of benzene rings is 1. The normalized spacial score (nSPS) is 26.5. The summed E-state index contributed by atoms with van der Waals surface area (Å²) >= 11 is 0. The first-order chi connectivity index (χ1) is 16.6. The van der Waals surface area contributed by atoms with Crippen LogP contribution in [0.25, 0.3) is 11.6 Å². The van der Waals surface area contributed by atoms with Crippen molar-refractivity contribution < 1.29 is 14.3 Å². The first-order valence-electron chi connectivity index (χ1n) is 12.0. The Hall–Kier alpha value is -3.29. The highest BCUT2D eigenvalue weighted by Crippen LogP contribution is 2.41. The van der Waals surface area contributed by atoms with Crippen molar-refractivity contribution in [2.75, 3.05) is 38.2 Å². The molecule has 4 heterocycles. The molecule has 0 bridgehead atoms. The van der Waals surface area contributed by atoms with E-state index >= 15 is 0 Å². The zero-order chi connectivity index (χ0) is 23.1.